The summed E-state index contributed by atoms with van der Waals surface area (Å²) in [6.45, 7) is 3.80. The van der Waals surface area contributed by atoms with E-state index in [9.17, 15) is 18.3 Å². The highest BCUT2D eigenvalue weighted by atomic mass is 32.2. The van der Waals surface area contributed by atoms with E-state index < -0.39 is 27.5 Å². The fraction of sp³-hybridized carbons (Fsp3) is 0.174. The summed E-state index contributed by atoms with van der Waals surface area (Å²) in [6.07, 6.45) is 1.48. The van der Waals surface area contributed by atoms with Crippen molar-refractivity contribution in [1.82, 2.24) is 4.90 Å². The fourth-order valence-corrected chi connectivity index (χ4v) is 5.21. The lowest BCUT2D eigenvalue weighted by Gasteiger charge is -2.26. The van der Waals surface area contributed by atoms with Crippen molar-refractivity contribution in [3.05, 3.63) is 100 Å². The van der Waals surface area contributed by atoms with Crippen molar-refractivity contribution in [3.8, 4) is 0 Å². The van der Waals surface area contributed by atoms with Gasteiger partial charge < -0.3 is 14.4 Å². The molecule has 0 bridgehead atoms. The Balaban J connectivity index is 1.86. The van der Waals surface area contributed by atoms with Crippen LogP contribution in [0, 0.1) is 13.8 Å². The van der Waals surface area contributed by atoms with Crippen molar-refractivity contribution >= 4 is 15.7 Å². The maximum atomic E-state index is 13.5. The number of nitrogens with zero attached hydrogens (tertiary/aromatic N) is 1. The van der Waals surface area contributed by atoms with Crippen LogP contribution in [0.25, 0.3) is 0 Å². The lowest BCUT2D eigenvalue weighted by atomic mass is 10.0. The minimum atomic E-state index is -4.12. The molecular weight excluding hydrogens is 402 g/mol. The third-order valence-corrected chi connectivity index (χ3v) is 7.07. The van der Waals surface area contributed by atoms with E-state index in [1.165, 1.54) is 23.3 Å². The predicted octanol–water partition coefficient (Wildman–Crippen LogP) is 4.22. The first kappa shape index (κ1) is 20.0. The molecule has 2 aromatic carbocycles. The van der Waals surface area contributed by atoms with Crippen LogP contribution in [-0.2, 0) is 21.2 Å². The maximum Gasteiger partial charge on any atom is 0.291 e. The highest BCUT2D eigenvalue weighted by Gasteiger charge is 2.47. The molecule has 1 amide bonds. The van der Waals surface area contributed by atoms with Crippen molar-refractivity contribution in [1.29, 1.82) is 0 Å². The number of carbonyl (C=O) groups excluding carboxylic acids is 1. The normalized spacial score (nSPS) is 17.1. The minimum absolute atomic E-state index is 0.0272. The number of aliphatic hydroxyl groups excluding tert-OH is 1. The van der Waals surface area contributed by atoms with E-state index >= 15 is 0 Å². The van der Waals surface area contributed by atoms with Crippen LogP contribution in [0.4, 0.5) is 0 Å². The molecule has 0 radical (unpaired) electrons. The zero-order valence-electron chi connectivity index (χ0n) is 16.6. The molecule has 1 aliphatic rings. The molecule has 1 N–H and O–H groups in total. The molecule has 0 spiro atoms. The zero-order chi connectivity index (χ0) is 21.5. The second-order valence-corrected chi connectivity index (χ2v) is 9.27. The molecule has 0 saturated heterocycles. The van der Waals surface area contributed by atoms with Gasteiger partial charge in [-0.15, -0.1) is 0 Å². The first-order valence-corrected chi connectivity index (χ1v) is 10.9. The Bertz CT molecular complexity index is 1210. The molecule has 154 valence electrons. The van der Waals surface area contributed by atoms with Gasteiger partial charge in [0.1, 0.15) is 10.7 Å². The third-order valence-electron chi connectivity index (χ3n) is 5.18. The Morgan fingerprint density at radius 1 is 0.967 bits per heavy atom. The Morgan fingerprint density at radius 3 is 2.13 bits per heavy atom. The van der Waals surface area contributed by atoms with E-state index in [0.29, 0.717) is 11.3 Å². The molecule has 6 nitrogen and oxygen atoms in total. The quantitative estimate of drug-likeness (QED) is 0.664. The van der Waals surface area contributed by atoms with Crippen LogP contribution < -0.4 is 0 Å². The number of amides is 1. The highest BCUT2D eigenvalue weighted by Crippen LogP contribution is 2.43. The summed E-state index contributed by atoms with van der Waals surface area (Å²) >= 11 is 0. The average Bonchev–Trinajstić information content (AvgIpc) is 3.31. The fourth-order valence-electron chi connectivity index (χ4n) is 3.56. The van der Waals surface area contributed by atoms with Gasteiger partial charge in [-0.1, -0.05) is 47.5 Å². The topological polar surface area (TPSA) is 87.8 Å². The van der Waals surface area contributed by atoms with Crippen LogP contribution in [0.2, 0.25) is 0 Å². The van der Waals surface area contributed by atoms with Crippen molar-refractivity contribution < 1.29 is 22.7 Å². The predicted molar refractivity (Wildman–Crippen MR) is 111 cm³/mol. The van der Waals surface area contributed by atoms with E-state index in [-0.39, 0.29) is 16.3 Å². The SMILES string of the molecule is Cc1ccc([C@H]2C(S(=O)(=O)c3ccc(C)cc3)=C(O)C(=O)N2Cc2ccco2)cc1. The van der Waals surface area contributed by atoms with Gasteiger partial charge in [0, 0.05) is 0 Å². The number of benzene rings is 2. The molecule has 2 heterocycles. The maximum absolute atomic E-state index is 13.5. The largest absolute Gasteiger partial charge is 0.502 e. The molecular formula is C23H21NO5S. The molecule has 1 atom stereocenters. The van der Waals surface area contributed by atoms with Crippen LogP contribution in [0.5, 0.6) is 0 Å². The van der Waals surface area contributed by atoms with E-state index in [1.54, 1.807) is 36.4 Å². The van der Waals surface area contributed by atoms with Crippen LogP contribution in [0.15, 0.2) is 86.9 Å². The second kappa shape index (κ2) is 7.50. The number of sulfone groups is 1. The van der Waals surface area contributed by atoms with Gasteiger partial charge in [0.25, 0.3) is 5.91 Å². The van der Waals surface area contributed by atoms with Gasteiger partial charge in [-0.05, 0) is 43.7 Å². The van der Waals surface area contributed by atoms with Gasteiger partial charge in [0.2, 0.25) is 9.84 Å². The second-order valence-electron chi connectivity index (χ2n) is 7.35. The molecule has 0 unspecified atom stereocenters. The highest BCUT2D eigenvalue weighted by molar-refractivity contribution is 7.95. The molecule has 0 fully saturated rings. The van der Waals surface area contributed by atoms with Crippen molar-refractivity contribution in [2.45, 2.75) is 31.3 Å². The Hall–Kier alpha value is -3.32. The Labute approximate surface area is 175 Å². The van der Waals surface area contributed by atoms with Crippen LogP contribution in [0.1, 0.15) is 28.5 Å². The lowest BCUT2D eigenvalue weighted by molar-refractivity contribution is -0.130. The van der Waals surface area contributed by atoms with Gasteiger partial charge in [0.15, 0.2) is 5.76 Å². The number of aryl methyl sites for hydroxylation is 2. The van der Waals surface area contributed by atoms with E-state index in [1.807, 2.05) is 26.0 Å². The van der Waals surface area contributed by atoms with Crippen molar-refractivity contribution in [2.24, 2.45) is 0 Å². The number of aliphatic hydroxyl groups is 1. The van der Waals surface area contributed by atoms with Gasteiger partial charge in [-0.2, -0.15) is 0 Å². The average molecular weight is 423 g/mol. The van der Waals surface area contributed by atoms with E-state index in [4.69, 9.17) is 4.42 Å². The molecule has 30 heavy (non-hydrogen) atoms. The van der Waals surface area contributed by atoms with Crippen LogP contribution in [0.3, 0.4) is 0 Å². The van der Waals surface area contributed by atoms with Gasteiger partial charge in [-0.3, -0.25) is 4.79 Å². The number of hydrogen-bond donors (Lipinski definition) is 1. The van der Waals surface area contributed by atoms with Gasteiger partial charge in [0.05, 0.1) is 23.7 Å². The third kappa shape index (κ3) is 3.41. The van der Waals surface area contributed by atoms with Crippen LogP contribution in [-0.4, -0.2) is 24.3 Å². The zero-order valence-corrected chi connectivity index (χ0v) is 17.4. The smallest absolute Gasteiger partial charge is 0.291 e. The molecule has 1 aliphatic heterocycles. The van der Waals surface area contributed by atoms with Crippen molar-refractivity contribution in [2.75, 3.05) is 0 Å². The molecule has 0 saturated carbocycles. The van der Waals surface area contributed by atoms with Crippen molar-refractivity contribution in [3.63, 3.8) is 0 Å². The summed E-state index contributed by atoms with van der Waals surface area (Å²) in [6, 6.07) is 16.0. The van der Waals surface area contributed by atoms with Gasteiger partial charge in [-0.25, -0.2) is 8.42 Å². The van der Waals surface area contributed by atoms with E-state index in [2.05, 4.69) is 0 Å². The van der Waals surface area contributed by atoms with E-state index in [0.717, 1.165) is 11.1 Å². The number of hydrogen-bond acceptors (Lipinski definition) is 5. The number of carbonyl (C=O) groups is 1. The summed E-state index contributed by atoms with van der Waals surface area (Å²) in [7, 11) is -4.12. The summed E-state index contributed by atoms with van der Waals surface area (Å²) < 4.78 is 32.3. The van der Waals surface area contributed by atoms with Crippen LogP contribution >= 0.6 is 0 Å². The van der Waals surface area contributed by atoms with Gasteiger partial charge >= 0.3 is 0 Å². The monoisotopic (exact) mass is 423 g/mol. The Morgan fingerprint density at radius 2 is 1.57 bits per heavy atom. The number of furan rings is 1. The lowest BCUT2D eigenvalue weighted by Crippen LogP contribution is -2.30. The molecule has 3 aromatic rings. The standard InChI is InChI=1S/C23H21NO5S/c1-15-5-9-17(10-6-15)20-22(30(27,28)19-11-7-16(2)8-12-19)21(25)23(26)24(20)14-18-4-3-13-29-18/h3-13,20,25H,14H2,1-2H3/t20-/m0/s1. The molecule has 4 rings (SSSR count). The summed E-state index contributed by atoms with van der Waals surface area (Å²) in [5.41, 5.74) is 2.50. The first-order valence-electron chi connectivity index (χ1n) is 9.44. The number of rotatable bonds is 5. The molecule has 1 aromatic heterocycles. The molecule has 0 aliphatic carbocycles. The Kier molecular flexibility index (Phi) is 4.99. The molecule has 7 heteroatoms. The first-order chi connectivity index (χ1) is 14.3. The summed E-state index contributed by atoms with van der Waals surface area (Å²) in [4.78, 5) is 14.0. The summed E-state index contributed by atoms with van der Waals surface area (Å²) in [5.74, 6) is -1.02. The summed E-state index contributed by atoms with van der Waals surface area (Å²) in [5, 5.41) is 10.7. The minimum Gasteiger partial charge on any atom is -0.502 e.